The normalized spacial score (nSPS) is 10.7. The molecule has 5 heteroatoms. The molecule has 0 bridgehead atoms. The molecule has 0 unspecified atom stereocenters. The SMILES string of the molecule is CNCc1cc(-c2c(F)cc(OC)cc2F)cs1. The molecule has 2 rings (SSSR count). The maximum Gasteiger partial charge on any atom is 0.137 e. The first kappa shape index (κ1) is 13.0. The van der Waals surface area contributed by atoms with Crippen molar-refractivity contribution in [3.63, 3.8) is 0 Å². The van der Waals surface area contributed by atoms with Gasteiger partial charge in [0.25, 0.3) is 0 Å². The second kappa shape index (κ2) is 5.46. The van der Waals surface area contributed by atoms with Gasteiger partial charge in [-0.1, -0.05) is 0 Å². The Balaban J connectivity index is 2.43. The van der Waals surface area contributed by atoms with Gasteiger partial charge in [-0.3, -0.25) is 0 Å². The van der Waals surface area contributed by atoms with Gasteiger partial charge in [-0.2, -0.15) is 0 Å². The van der Waals surface area contributed by atoms with E-state index in [2.05, 4.69) is 5.32 Å². The average Bonchev–Trinajstić information content (AvgIpc) is 2.77. The Morgan fingerprint density at radius 3 is 2.44 bits per heavy atom. The highest BCUT2D eigenvalue weighted by Gasteiger charge is 2.15. The average molecular weight is 269 g/mol. The molecule has 96 valence electrons. The summed E-state index contributed by atoms with van der Waals surface area (Å²) in [7, 11) is 3.21. The number of benzene rings is 1. The Morgan fingerprint density at radius 1 is 1.22 bits per heavy atom. The molecule has 0 fully saturated rings. The Hall–Kier alpha value is -1.46. The van der Waals surface area contributed by atoms with E-state index in [0.29, 0.717) is 12.1 Å². The molecule has 18 heavy (non-hydrogen) atoms. The van der Waals surface area contributed by atoms with Gasteiger partial charge in [-0.05, 0) is 24.1 Å². The zero-order valence-corrected chi connectivity index (χ0v) is 10.9. The van der Waals surface area contributed by atoms with Crippen molar-refractivity contribution in [2.45, 2.75) is 6.54 Å². The molecule has 2 aromatic rings. The van der Waals surface area contributed by atoms with Gasteiger partial charge in [0.1, 0.15) is 17.4 Å². The van der Waals surface area contributed by atoms with Crippen molar-refractivity contribution in [3.05, 3.63) is 40.1 Å². The predicted octanol–water partition coefficient (Wildman–Crippen LogP) is 3.42. The second-order valence-corrected chi connectivity index (χ2v) is 4.79. The van der Waals surface area contributed by atoms with Crippen LogP contribution in [0.3, 0.4) is 0 Å². The van der Waals surface area contributed by atoms with E-state index >= 15 is 0 Å². The van der Waals surface area contributed by atoms with Crippen LogP contribution in [0, 0.1) is 11.6 Å². The number of ether oxygens (including phenoxy) is 1. The van der Waals surface area contributed by atoms with Crippen molar-refractivity contribution in [3.8, 4) is 16.9 Å². The lowest BCUT2D eigenvalue weighted by molar-refractivity contribution is 0.407. The maximum atomic E-state index is 13.8. The number of hydrogen-bond donors (Lipinski definition) is 1. The van der Waals surface area contributed by atoms with Crippen LogP contribution in [-0.2, 0) is 6.54 Å². The molecule has 0 atom stereocenters. The largest absolute Gasteiger partial charge is 0.497 e. The van der Waals surface area contributed by atoms with Crippen molar-refractivity contribution in [1.29, 1.82) is 0 Å². The molecule has 0 saturated carbocycles. The molecule has 0 aliphatic carbocycles. The summed E-state index contributed by atoms with van der Waals surface area (Å²) in [5.74, 6) is -1.04. The Labute approximate surface area is 108 Å². The van der Waals surface area contributed by atoms with E-state index in [1.165, 1.54) is 30.6 Å². The predicted molar refractivity (Wildman–Crippen MR) is 69.0 cm³/mol. The van der Waals surface area contributed by atoms with Crippen molar-refractivity contribution < 1.29 is 13.5 Å². The quantitative estimate of drug-likeness (QED) is 0.918. The third kappa shape index (κ3) is 2.52. The lowest BCUT2D eigenvalue weighted by atomic mass is 10.1. The van der Waals surface area contributed by atoms with E-state index in [-0.39, 0.29) is 11.3 Å². The number of hydrogen-bond acceptors (Lipinski definition) is 3. The van der Waals surface area contributed by atoms with Crippen LogP contribution in [0.25, 0.3) is 11.1 Å². The van der Waals surface area contributed by atoms with E-state index in [1.54, 1.807) is 11.4 Å². The molecule has 2 nitrogen and oxygen atoms in total. The lowest BCUT2D eigenvalue weighted by Gasteiger charge is -2.06. The third-order valence-electron chi connectivity index (χ3n) is 2.54. The van der Waals surface area contributed by atoms with Crippen molar-refractivity contribution in [2.75, 3.05) is 14.2 Å². The Bertz CT molecular complexity index is 531. The molecule has 0 spiro atoms. The Kier molecular flexibility index (Phi) is 3.93. The van der Waals surface area contributed by atoms with Gasteiger partial charge >= 0.3 is 0 Å². The van der Waals surface area contributed by atoms with E-state index < -0.39 is 11.6 Å². The molecular weight excluding hydrogens is 256 g/mol. The topological polar surface area (TPSA) is 21.3 Å². The van der Waals surface area contributed by atoms with Crippen LogP contribution in [0.5, 0.6) is 5.75 Å². The van der Waals surface area contributed by atoms with Crippen molar-refractivity contribution in [2.24, 2.45) is 0 Å². The van der Waals surface area contributed by atoms with E-state index in [1.807, 2.05) is 7.05 Å². The minimum Gasteiger partial charge on any atom is -0.497 e. The van der Waals surface area contributed by atoms with Gasteiger partial charge in [0.15, 0.2) is 0 Å². The first-order valence-electron chi connectivity index (χ1n) is 5.41. The minimum absolute atomic E-state index is 0.00518. The van der Waals surface area contributed by atoms with Gasteiger partial charge in [0, 0.05) is 23.6 Å². The summed E-state index contributed by atoms with van der Waals surface area (Å²) in [6.45, 7) is 0.685. The summed E-state index contributed by atoms with van der Waals surface area (Å²) in [6.07, 6.45) is 0. The van der Waals surface area contributed by atoms with Crippen LogP contribution in [0.1, 0.15) is 4.88 Å². The van der Waals surface area contributed by atoms with Crippen molar-refractivity contribution >= 4 is 11.3 Å². The van der Waals surface area contributed by atoms with Gasteiger partial charge in [-0.25, -0.2) is 8.78 Å². The number of thiophene rings is 1. The number of methoxy groups -OCH3 is 1. The highest BCUT2D eigenvalue weighted by atomic mass is 32.1. The highest BCUT2D eigenvalue weighted by Crippen LogP contribution is 2.32. The maximum absolute atomic E-state index is 13.8. The van der Waals surface area contributed by atoms with E-state index in [9.17, 15) is 8.78 Å². The lowest BCUT2D eigenvalue weighted by Crippen LogP contribution is -2.02. The van der Waals surface area contributed by atoms with Crippen LogP contribution < -0.4 is 10.1 Å². The standard InChI is InChI=1S/C13H13F2NOS/c1-16-6-10-3-8(7-18-10)13-11(14)4-9(17-2)5-12(13)15/h3-5,7,16H,6H2,1-2H3. The smallest absolute Gasteiger partial charge is 0.137 e. The van der Waals surface area contributed by atoms with Crippen LogP contribution in [-0.4, -0.2) is 14.2 Å². The summed E-state index contributed by atoms with van der Waals surface area (Å²) in [5, 5.41) is 4.75. The summed E-state index contributed by atoms with van der Waals surface area (Å²) < 4.78 is 32.5. The molecule has 0 aliphatic heterocycles. The molecule has 0 aliphatic rings. The molecule has 0 saturated heterocycles. The molecule has 0 amide bonds. The summed E-state index contributed by atoms with van der Waals surface area (Å²) in [6, 6.07) is 4.16. The van der Waals surface area contributed by atoms with Crippen LogP contribution in [0.4, 0.5) is 8.78 Å². The summed E-state index contributed by atoms with van der Waals surface area (Å²) in [4.78, 5) is 1.03. The van der Waals surface area contributed by atoms with E-state index in [4.69, 9.17) is 4.74 Å². The van der Waals surface area contributed by atoms with Gasteiger partial charge in [-0.15, -0.1) is 11.3 Å². The fourth-order valence-electron chi connectivity index (χ4n) is 1.72. The molecule has 1 heterocycles. The van der Waals surface area contributed by atoms with Crippen LogP contribution >= 0.6 is 11.3 Å². The van der Waals surface area contributed by atoms with Gasteiger partial charge in [0.05, 0.1) is 12.7 Å². The molecular formula is C13H13F2NOS. The molecule has 1 aromatic carbocycles. The van der Waals surface area contributed by atoms with E-state index in [0.717, 1.165) is 4.88 Å². The zero-order chi connectivity index (χ0) is 13.1. The van der Waals surface area contributed by atoms with Crippen LogP contribution in [0.15, 0.2) is 23.6 Å². The van der Waals surface area contributed by atoms with Gasteiger partial charge < -0.3 is 10.1 Å². The molecule has 0 radical (unpaired) electrons. The fraction of sp³-hybridized carbons (Fsp3) is 0.231. The van der Waals surface area contributed by atoms with Crippen LogP contribution in [0.2, 0.25) is 0 Å². The monoisotopic (exact) mass is 269 g/mol. The Morgan fingerprint density at radius 2 is 1.89 bits per heavy atom. The third-order valence-corrected chi connectivity index (χ3v) is 3.48. The molecule has 1 aromatic heterocycles. The zero-order valence-electron chi connectivity index (χ0n) is 10.1. The minimum atomic E-state index is -0.611. The van der Waals surface area contributed by atoms with Gasteiger partial charge in [0.2, 0.25) is 0 Å². The number of halogens is 2. The first-order valence-corrected chi connectivity index (χ1v) is 6.29. The first-order chi connectivity index (χ1) is 8.65. The molecule has 1 N–H and O–H groups in total. The number of nitrogens with one attached hydrogen (secondary N) is 1. The number of rotatable bonds is 4. The van der Waals surface area contributed by atoms with Crippen molar-refractivity contribution in [1.82, 2.24) is 5.32 Å². The summed E-state index contributed by atoms with van der Waals surface area (Å²) >= 11 is 1.47. The fourth-order valence-corrected chi connectivity index (χ4v) is 2.61. The highest BCUT2D eigenvalue weighted by molar-refractivity contribution is 7.10. The second-order valence-electron chi connectivity index (χ2n) is 3.80. The summed E-state index contributed by atoms with van der Waals surface area (Å²) in [5.41, 5.74) is 0.553.